The van der Waals surface area contributed by atoms with Crippen LogP contribution in [0.2, 0.25) is 0 Å². The van der Waals surface area contributed by atoms with E-state index in [1.54, 1.807) is 6.20 Å². The van der Waals surface area contributed by atoms with Crippen LogP contribution < -0.4 is 16.2 Å². The molecule has 2 rings (SSSR count). The molecule has 0 amide bonds. The second-order valence-electron chi connectivity index (χ2n) is 4.91. The van der Waals surface area contributed by atoms with Gasteiger partial charge in [0.15, 0.2) is 0 Å². The topological polar surface area (TPSA) is 64.2 Å². The minimum atomic E-state index is -0.0785. The van der Waals surface area contributed by atoms with Gasteiger partial charge < -0.3 is 10.6 Å². The highest BCUT2D eigenvalue weighted by atomic mass is 79.9. The van der Waals surface area contributed by atoms with Crippen LogP contribution in [0.25, 0.3) is 0 Å². The van der Waals surface area contributed by atoms with E-state index in [0.29, 0.717) is 17.1 Å². The van der Waals surface area contributed by atoms with E-state index in [4.69, 9.17) is 5.73 Å². The molecule has 1 saturated heterocycles. The Morgan fingerprint density at radius 2 is 2.33 bits per heavy atom. The minimum Gasteiger partial charge on any atom is -0.365 e. The maximum Gasteiger partial charge on any atom is 0.283 e. The van der Waals surface area contributed by atoms with Gasteiger partial charge in [-0.25, -0.2) is 4.68 Å². The summed E-state index contributed by atoms with van der Waals surface area (Å²) in [4.78, 5) is 14.4. The molecule has 2 heterocycles. The summed E-state index contributed by atoms with van der Waals surface area (Å²) in [6.45, 7) is 5.44. The summed E-state index contributed by atoms with van der Waals surface area (Å²) in [6, 6.07) is 0.379. The SMILES string of the molecule is CC(C)n1ncc(N2CCCC2CN)c(Br)c1=O. The van der Waals surface area contributed by atoms with Gasteiger partial charge in [0.1, 0.15) is 4.47 Å². The first-order valence-corrected chi connectivity index (χ1v) is 7.09. The van der Waals surface area contributed by atoms with Gasteiger partial charge in [0, 0.05) is 19.1 Å². The van der Waals surface area contributed by atoms with Crippen molar-refractivity contribution in [2.24, 2.45) is 5.73 Å². The van der Waals surface area contributed by atoms with Gasteiger partial charge in [0.25, 0.3) is 5.56 Å². The molecule has 1 atom stereocenters. The average molecular weight is 315 g/mol. The Morgan fingerprint density at radius 1 is 1.61 bits per heavy atom. The molecule has 0 aliphatic carbocycles. The molecule has 18 heavy (non-hydrogen) atoms. The van der Waals surface area contributed by atoms with Crippen LogP contribution in [0.15, 0.2) is 15.5 Å². The molecular formula is C12H19BrN4O. The molecule has 0 spiro atoms. The van der Waals surface area contributed by atoms with Crippen molar-refractivity contribution in [3.8, 4) is 0 Å². The van der Waals surface area contributed by atoms with E-state index in [1.165, 1.54) is 4.68 Å². The molecule has 2 N–H and O–H groups in total. The molecular weight excluding hydrogens is 296 g/mol. The summed E-state index contributed by atoms with van der Waals surface area (Å²) in [5.41, 5.74) is 6.55. The van der Waals surface area contributed by atoms with Crippen molar-refractivity contribution in [3.63, 3.8) is 0 Å². The lowest BCUT2D eigenvalue weighted by molar-refractivity contribution is 0.499. The van der Waals surface area contributed by atoms with Gasteiger partial charge in [-0.3, -0.25) is 4.79 Å². The number of hydrogen-bond donors (Lipinski definition) is 1. The summed E-state index contributed by atoms with van der Waals surface area (Å²) >= 11 is 3.41. The molecule has 0 radical (unpaired) electrons. The second kappa shape index (κ2) is 5.40. The smallest absolute Gasteiger partial charge is 0.283 e. The zero-order chi connectivity index (χ0) is 13.3. The Morgan fingerprint density at radius 3 is 2.94 bits per heavy atom. The maximum absolute atomic E-state index is 12.2. The molecule has 1 aromatic heterocycles. The maximum atomic E-state index is 12.2. The monoisotopic (exact) mass is 314 g/mol. The highest BCUT2D eigenvalue weighted by Crippen LogP contribution is 2.29. The number of anilines is 1. The van der Waals surface area contributed by atoms with Crippen LogP contribution in [-0.4, -0.2) is 28.9 Å². The zero-order valence-electron chi connectivity index (χ0n) is 10.8. The molecule has 0 bridgehead atoms. The third kappa shape index (κ3) is 2.31. The quantitative estimate of drug-likeness (QED) is 0.918. The Balaban J connectivity index is 2.41. The average Bonchev–Trinajstić information content (AvgIpc) is 2.80. The summed E-state index contributed by atoms with van der Waals surface area (Å²) in [7, 11) is 0. The highest BCUT2D eigenvalue weighted by molar-refractivity contribution is 9.10. The molecule has 1 fully saturated rings. The van der Waals surface area contributed by atoms with Crippen molar-refractivity contribution in [1.29, 1.82) is 0 Å². The first kappa shape index (κ1) is 13.5. The van der Waals surface area contributed by atoms with Gasteiger partial charge in [-0.2, -0.15) is 5.10 Å². The fraction of sp³-hybridized carbons (Fsp3) is 0.667. The molecule has 0 saturated carbocycles. The van der Waals surface area contributed by atoms with Crippen LogP contribution in [-0.2, 0) is 0 Å². The van der Waals surface area contributed by atoms with Gasteiger partial charge >= 0.3 is 0 Å². The van der Waals surface area contributed by atoms with Crippen molar-refractivity contribution >= 4 is 21.6 Å². The van der Waals surface area contributed by atoms with E-state index < -0.39 is 0 Å². The first-order chi connectivity index (χ1) is 8.56. The zero-order valence-corrected chi connectivity index (χ0v) is 12.4. The van der Waals surface area contributed by atoms with Crippen LogP contribution in [0.3, 0.4) is 0 Å². The van der Waals surface area contributed by atoms with Crippen LogP contribution in [0.5, 0.6) is 0 Å². The largest absolute Gasteiger partial charge is 0.365 e. The van der Waals surface area contributed by atoms with Crippen molar-refractivity contribution in [2.45, 2.75) is 38.8 Å². The number of aromatic nitrogens is 2. The van der Waals surface area contributed by atoms with Crippen molar-refractivity contribution < 1.29 is 0 Å². The van der Waals surface area contributed by atoms with Gasteiger partial charge in [-0.1, -0.05) is 0 Å². The lowest BCUT2D eigenvalue weighted by atomic mass is 10.2. The predicted molar refractivity (Wildman–Crippen MR) is 76.0 cm³/mol. The van der Waals surface area contributed by atoms with E-state index in [0.717, 1.165) is 25.1 Å². The van der Waals surface area contributed by atoms with E-state index in [1.807, 2.05) is 13.8 Å². The van der Waals surface area contributed by atoms with E-state index in [9.17, 15) is 4.79 Å². The van der Waals surface area contributed by atoms with Gasteiger partial charge in [0.05, 0.1) is 17.9 Å². The van der Waals surface area contributed by atoms with Crippen molar-refractivity contribution in [2.75, 3.05) is 18.0 Å². The Bertz CT molecular complexity index is 485. The Hall–Kier alpha value is -0.880. The molecule has 1 unspecified atom stereocenters. The van der Waals surface area contributed by atoms with Crippen molar-refractivity contribution in [3.05, 3.63) is 21.0 Å². The van der Waals surface area contributed by atoms with E-state index in [2.05, 4.69) is 25.9 Å². The molecule has 100 valence electrons. The summed E-state index contributed by atoms with van der Waals surface area (Å²) in [5.74, 6) is 0. The van der Waals surface area contributed by atoms with Gasteiger partial charge in [-0.15, -0.1) is 0 Å². The molecule has 5 nitrogen and oxygen atoms in total. The van der Waals surface area contributed by atoms with Crippen LogP contribution in [0.4, 0.5) is 5.69 Å². The number of halogens is 1. The normalized spacial score (nSPS) is 19.8. The third-order valence-corrected chi connectivity index (χ3v) is 4.12. The van der Waals surface area contributed by atoms with Crippen LogP contribution in [0, 0.1) is 0 Å². The fourth-order valence-corrected chi connectivity index (χ4v) is 2.91. The lowest BCUT2D eigenvalue weighted by Gasteiger charge is -2.26. The standard InChI is InChI=1S/C12H19BrN4O/c1-8(2)17-12(18)11(13)10(7-15-17)16-5-3-4-9(16)6-14/h7-9H,3-6,14H2,1-2H3. The highest BCUT2D eigenvalue weighted by Gasteiger charge is 2.26. The van der Waals surface area contributed by atoms with Crippen molar-refractivity contribution in [1.82, 2.24) is 9.78 Å². The molecule has 0 aromatic carbocycles. The molecule has 1 aliphatic heterocycles. The third-order valence-electron chi connectivity index (χ3n) is 3.37. The van der Waals surface area contributed by atoms with Crippen LogP contribution in [0.1, 0.15) is 32.7 Å². The van der Waals surface area contributed by atoms with E-state index in [-0.39, 0.29) is 11.6 Å². The number of nitrogens with zero attached hydrogens (tertiary/aromatic N) is 3. The minimum absolute atomic E-state index is 0.0618. The summed E-state index contributed by atoms with van der Waals surface area (Å²) < 4.78 is 2.08. The lowest BCUT2D eigenvalue weighted by Crippen LogP contribution is -2.37. The summed E-state index contributed by atoms with van der Waals surface area (Å²) in [5, 5.41) is 4.24. The first-order valence-electron chi connectivity index (χ1n) is 6.30. The number of hydrogen-bond acceptors (Lipinski definition) is 4. The molecule has 6 heteroatoms. The Kier molecular flexibility index (Phi) is 4.07. The van der Waals surface area contributed by atoms with Crippen LogP contribution >= 0.6 is 15.9 Å². The van der Waals surface area contributed by atoms with Gasteiger partial charge in [-0.05, 0) is 42.6 Å². The fourth-order valence-electron chi connectivity index (χ4n) is 2.40. The molecule has 1 aromatic rings. The Labute approximate surface area is 115 Å². The number of rotatable bonds is 3. The van der Waals surface area contributed by atoms with Gasteiger partial charge in [0.2, 0.25) is 0 Å². The second-order valence-corrected chi connectivity index (χ2v) is 5.71. The van der Waals surface area contributed by atoms with E-state index >= 15 is 0 Å². The molecule has 1 aliphatic rings. The number of nitrogens with two attached hydrogens (primary N) is 1. The predicted octanol–water partition coefficient (Wildman–Crippen LogP) is 1.51. The summed E-state index contributed by atoms with van der Waals surface area (Å²) in [6.07, 6.45) is 3.96.